The van der Waals surface area contributed by atoms with Gasteiger partial charge in [0.1, 0.15) is 0 Å². The lowest BCUT2D eigenvalue weighted by molar-refractivity contribution is 0.427. The van der Waals surface area contributed by atoms with Gasteiger partial charge in [-0.15, -0.1) is 0 Å². The Hall–Kier alpha value is -1.54. The van der Waals surface area contributed by atoms with Crippen LogP contribution in [0, 0.1) is 0 Å². The Morgan fingerprint density at radius 1 is 1.00 bits per heavy atom. The molecule has 2 rings (SSSR count). The van der Waals surface area contributed by atoms with Crippen molar-refractivity contribution in [3.8, 4) is 5.06 Å². The van der Waals surface area contributed by atoms with Crippen LogP contribution in [-0.4, -0.2) is 7.11 Å². The van der Waals surface area contributed by atoms with E-state index in [4.69, 9.17) is 4.74 Å². The average molecular weight is 216 g/mol. The Balaban J connectivity index is 2.11. The van der Waals surface area contributed by atoms with Crippen LogP contribution in [-0.2, 0) is 0 Å². The maximum atomic E-state index is 5.13. The second kappa shape index (κ2) is 4.80. The third-order valence-electron chi connectivity index (χ3n) is 2.04. The summed E-state index contributed by atoms with van der Waals surface area (Å²) in [6.07, 6.45) is 4.20. The normalized spacial score (nSPS) is 10.7. The predicted molar refractivity (Wildman–Crippen MR) is 66.2 cm³/mol. The summed E-state index contributed by atoms with van der Waals surface area (Å²) in [6, 6.07) is 14.3. The molecule has 0 unspecified atom stereocenters. The fourth-order valence-corrected chi connectivity index (χ4v) is 2.00. The minimum absolute atomic E-state index is 0.947. The lowest BCUT2D eigenvalue weighted by Gasteiger charge is -1.90. The van der Waals surface area contributed by atoms with Gasteiger partial charge < -0.3 is 4.74 Å². The molecule has 76 valence electrons. The van der Waals surface area contributed by atoms with Gasteiger partial charge in [-0.1, -0.05) is 47.7 Å². The van der Waals surface area contributed by atoms with Crippen molar-refractivity contribution in [2.24, 2.45) is 0 Å². The van der Waals surface area contributed by atoms with E-state index >= 15 is 0 Å². The largest absolute Gasteiger partial charge is 0.487 e. The molecule has 0 atom stereocenters. The molecule has 0 aliphatic heterocycles. The molecule has 0 fully saturated rings. The van der Waals surface area contributed by atoms with Crippen LogP contribution in [0.3, 0.4) is 0 Å². The van der Waals surface area contributed by atoms with Crippen molar-refractivity contribution in [3.63, 3.8) is 0 Å². The molecular weight excluding hydrogens is 204 g/mol. The molecule has 0 aliphatic carbocycles. The van der Waals surface area contributed by atoms with Gasteiger partial charge in [-0.2, -0.15) is 0 Å². The molecule has 0 N–H and O–H groups in total. The van der Waals surface area contributed by atoms with Crippen molar-refractivity contribution in [2.75, 3.05) is 7.11 Å². The number of hydrogen-bond donors (Lipinski definition) is 0. The predicted octanol–water partition coefficient (Wildman–Crippen LogP) is 3.93. The molecule has 0 spiro atoms. The van der Waals surface area contributed by atoms with E-state index in [0.29, 0.717) is 0 Å². The van der Waals surface area contributed by atoms with Gasteiger partial charge in [-0.25, -0.2) is 0 Å². The third-order valence-corrected chi connectivity index (χ3v) is 3.05. The van der Waals surface area contributed by atoms with Crippen LogP contribution in [0.1, 0.15) is 10.4 Å². The molecule has 15 heavy (non-hydrogen) atoms. The molecule has 0 amide bonds. The minimum atomic E-state index is 0.947. The summed E-state index contributed by atoms with van der Waals surface area (Å²) in [4.78, 5) is 1.20. The highest BCUT2D eigenvalue weighted by molar-refractivity contribution is 7.14. The SMILES string of the molecule is COc1ccc(/C=C/c2ccccc2)s1. The number of methoxy groups -OCH3 is 1. The first kappa shape index (κ1) is 9.99. The lowest BCUT2D eigenvalue weighted by atomic mass is 10.2. The highest BCUT2D eigenvalue weighted by atomic mass is 32.1. The summed E-state index contributed by atoms with van der Waals surface area (Å²) in [7, 11) is 1.69. The van der Waals surface area contributed by atoms with Crippen molar-refractivity contribution in [1.29, 1.82) is 0 Å². The average Bonchev–Trinajstić information content (AvgIpc) is 2.76. The van der Waals surface area contributed by atoms with Crippen LogP contribution < -0.4 is 4.74 Å². The van der Waals surface area contributed by atoms with E-state index in [1.807, 2.05) is 24.3 Å². The minimum Gasteiger partial charge on any atom is -0.487 e. The molecule has 1 heterocycles. The third kappa shape index (κ3) is 2.70. The monoisotopic (exact) mass is 216 g/mol. The number of thiophene rings is 1. The molecule has 1 aromatic carbocycles. The van der Waals surface area contributed by atoms with Crippen LogP contribution in [0.2, 0.25) is 0 Å². The molecule has 0 bridgehead atoms. The van der Waals surface area contributed by atoms with E-state index in [1.165, 1.54) is 10.4 Å². The van der Waals surface area contributed by atoms with Gasteiger partial charge in [0, 0.05) is 4.88 Å². The maximum Gasteiger partial charge on any atom is 0.173 e. The van der Waals surface area contributed by atoms with Crippen molar-refractivity contribution < 1.29 is 4.74 Å². The summed E-state index contributed by atoms with van der Waals surface area (Å²) in [5.74, 6) is 0. The van der Waals surface area contributed by atoms with Gasteiger partial charge in [0.05, 0.1) is 7.11 Å². The Kier molecular flexibility index (Phi) is 3.20. The summed E-state index contributed by atoms with van der Waals surface area (Å²) in [6.45, 7) is 0. The molecule has 1 aromatic heterocycles. The molecule has 0 saturated carbocycles. The summed E-state index contributed by atoms with van der Waals surface area (Å²) in [5.41, 5.74) is 1.21. The summed E-state index contributed by atoms with van der Waals surface area (Å²) < 4.78 is 5.13. The van der Waals surface area contributed by atoms with Crippen LogP contribution in [0.5, 0.6) is 5.06 Å². The molecule has 2 aromatic rings. The number of rotatable bonds is 3. The van der Waals surface area contributed by atoms with Crippen LogP contribution >= 0.6 is 11.3 Å². The molecule has 0 aliphatic rings. The van der Waals surface area contributed by atoms with Gasteiger partial charge in [0.15, 0.2) is 5.06 Å². The molecule has 1 nitrogen and oxygen atoms in total. The Morgan fingerprint density at radius 2 is 1.80 bits per heavy atom. The van der Waals surface area contributed by atoms with Gasteiger partial charge >= 0.3 is 0 Å². The molecule has 0 saturated heterocycles. The first-order valence-corrected chi connectivity index (χ1v) is 5.57. The molecule has 2 heteroatoms. The maximum absolute atomic E-state index is 5.13. The quantitative estimate of drug-likeness (QED) is 0.755. The smallest absolute Gasteiger partial charge is 0.173 e. The van der Waals surface area contributed by atoms with Gasteiger partial charge in [-0.05, 0) is 23.8 Å². The van der Waals surface area contributed by atoms with Crippen molar-refractivity contribution >= 4 is 23.5 Å². The van der Waals surface area contributed by atoms with E-state index in [1.54, 1.807) is 18.4 Å². The second-order valence-corrected chi connectivity index (χ2v) is 4.18. The number of benzene rings is 1. The summed E-state index contributed by atoms with van der Waals surface area (Å²) >= 11 is 1.64. The van der Waals surface area contributed by atoms with E-state index in [0.717, 1.165) is 5.06 Å². The summed E-state index contributed by atoms with van der Waals surface area (Å²) in [5, 5.41) is 0.947. The van der Waals surface area contributed by atoms with Gasteiger partial charge in [0.2, 0.25) is 0 Å². The van der Waals surface area contributed by atoms with E-state index < -0.39 is 0 Å². The van der Waals surface area contributed by atoms with Crippen molar-refractivity contribution in [3.05, 3.63) is 52.9 Å². The highest BCUT2D eigenvalue weighted by Gasteiger charge is 1.94. The first-order valence-electron chi connectivity index (χ1n) is 4.75. The zero-order chi connectivity index (χ0) is 10.5. The zero-order valence-corrected chi connectivity index (χ0v) is 9.33. The topological polar surface area (TPSA) is 9.23 Å². The van der Waals surface area contributed by atoms with Gasteiger partial charge in [0.25, 0.3) is 0 Å². The standard InChI is InChI=1S/C13H12OS/c1-14-13-10-9-12(15-13)8-7-11-5-3-2-4-6-11/h2-10H,1H3/b8-7+. The first-order chi connectivity index (χ1) is 7.38. The Morgan fingerprint density at radius 3 is 2.47 bits per heavy atom. The van der Waals surface area contributed by atoms with Crippen LogP contribution in [0.4, 0.5) is 0 Å². The van der Waals surface area contributed by atoms with E-state index in [9.17, 15) is 0 Å². The van der Waals surface area contributed by atoms with Crippen LogP contribution in [0.15, 0.2) is 42.5 Å². The lowest BCUT2D eigenvalue weighted by Crippen LogP contribution is -1.73. The molecule has 0 radical (unpaired) electrons. The van der Waals surface area contributed by atoms with Gasteiger partial charge in [-0.3, -0.25) is 0 Å². The van der Waals surface area contributed by atoms with Crippen molar-refractivity contribution in [1.82, 2.24) is 0 Å². The Labute approximate surface area is 93.6 Å². The molecular formula is C13H12OS. The zero-order valence-electron chi connectivity index (χ0n) is 8.51. The van der Waals surface area contributed by atoms with Crippen LogP contribution in [0.25, 0.3) is 12.2 Å². The van der Waals surface area contributed by atoms with E-state index in [-0.39, 0.29) is 0 Å². The highest BCUT2D eigenvalue weighted by Crippen LogP contribution is 2.25. The number of ether oxygens (including phenoxy) is 1. The van der Waals surface area contributed by atoms with E-state index in [2.05, 4.69) is 30.4 Å². The van der Waals surface area contributed by atoms with Crippen molar-refractivity contribution in [2.45, 2.75) is 0 Å². The number of hydrogen-bond acceptors (Lipinski definition) is 2. The Bertz CT molecular complexity index is 443. The second-order valence-electron chi connectivity index (χ2n) is 3.10. The fourth-order valence-electron chi connectivity index (χ4n) is 1.28. The fraction of sp³-hybridized carbons (Fsp3) is 0.0769.